The van der Waals surface area contributed by atoms with E-state index in [1.54, 1.807) is 5.56 Å². The summed E-state index contributed by atoms with van der Waals surface area (Å²) < 4.78 is 1.42. The minimum absolute atomic E-state index is 0.289. The van der Waals surface area contributed by atoms with Gasteiger partial charge in [0.2, 0.25) is 0 Å². The van der Waals surface area contributed by atoms with Crippen LogP contribution in [0.25, 0.3) is 64.7 Å². The van der Waals surface area contributed by atoms with Crippen LogP contribution in [0.15, 0.2) is 212 Å². The molecule has 2 aliphatic carbocycles. The van der Waals surface area contributed by atoms with Gasteiger partial charge in [-0.15, -0.1) is 11.3 Å². The van der Waals surface area contributed by atoms with Gasteiger partial charge in [0.05, 0.1) is 0 Å². The van der Waals surface area contributed by atoms with Gasteiger partial charge in [0, 0.05) is 20.9 Å². The van der Waals surface area contributed by atoms with Crippen molar-refractivity contribution in [1.29, 1.82) is 0 Å². The zero-order valence-corrected chi connectivity index (χ0v) is 35.9. The van der Waals surface area contributed by atoms with E-state index in [2.05, 4.69) is 212 Å². The Morgan fingerprint density at radius 2 is 1.15 bits per heavy atom. The minimum Gasteiger partial charge on any atom is -0.135 e. The summed E-state index contributed by atoms with van der Waals surface area (Å²) in [5.74, 6) is 1.45. The molecule has 0 spiro atoms. The van der Waals surface area contributed by atoms with E-state index in [0.717, 1.165) is 25.7 Å². The first-order chi connectivity index (χ1) is 30.7. The van der Waals surface area contributed by atoms with Crippen LogP contribution in [0, 0.1) is 5.92 Å². The predicted octanol–water partition coefficient (Wildman–Crippen LogP) is 17.0. The Morgan fingerprint density at radius 3 is 1.82 bits per heavy atom. The number of hydrogen-bond donors (Lipinski definition) is 0. The first-order valence-electron chi connectivity index (χ1n) is 22.5. The van der Waals surface area contributed by atoms with Gasteiger partial charge < -0.3 is 0 Å². The largest absolute Gasteiger partial charge is 0.135 e. The van der Waals surface area contributed by atoms with Gasteiger partial charge in [-0.05, 0) is 140 Å². The molecule has 1 heteroatoms. The molecule has 0 fully saturated rings. The normalized spacial score (nSPS) is 15.6. The van der Waals surface area contributed by atoms with Crippen LogP contribution >= 0.6 is 11.3 Å². The van der Waals surface area contributed by atoms with Crippen molar-refractivity contribution in [2.24, 2.45) is 5.92 Å². The number of thiophene rings is 1. The molecular formula is C61H50S. The van der Waals surface area contributed by atoms with E-state index in [9.17, 15) is 0 Å². The maximum Gasteiger partial charge on any atom is 0.0393 e. The number of allylic oxidation sites excluding steroid dienone is 4. The van der Waals surface area contributed by atoms with Crippen molar-refractivity contribution in [3.63, 3.8) is 0 Å². The molecule has 300 valence electrons. The lowest BCUT2D eigenvalue weighted by atomic mass is 9.77. The molecule has 1 aromatic heterocycles. The van der Waals surface area contributed by atoms with Crippen molar-refractivity contribution < 1.29 is 0 Å². The summed E-state index contributed by atoms with van der Waals surface area (Å²) in [4.78, 5) is 1.49. The Labute approximate surface area is 370 Å². The Balaban J connectivity index is 0.871. The van der Waals surface area contributed by atoms with E-state index in [4.69, 9.17) is 0 Å². The van der Waals surface area contributed by atoms with Crippen LogP contribution in [-0.4, -0.2) is 0 Å². The Hall–Kier alpha value is -6.54. The third-order valence-electron chi connectivity index (χ3n) is 13.7. The number of rotatable bonds is 11. The number of benzene rings is 8. The fraction of sp³-hybridized carbons (Fsp3) is 0.148. The molecule has 2 atom stereocenters. The molecule has 2 unspecified atom stereocenters. The zero-order valence-electron chi connectivity index (χ0n) is 35.1. The van der Waals surface area contributed by atoms with E-state index >= 15 is 0 Å². The maximum absolute atomic E-state index is 2.50. The second-order valence-electron chi connectivity index (χ2n) is 17.4. The monoisotopic (exact) mass is 814 g/mol. The van der Waals surface area contributed by atoms with E-state index in [0.29, 0.717) is 11.8 Å². The number of fused-ring (bicyclic) bond motifs is 7. The van der Waals surface area contributed by atoms with Crippen molar-refractivity contribution in [2.75, 3.05) is 0 Å². The van der Waals surface area contributed by atoms with Gasteiger partial charge in [0.15, 0.2) is 0 Å². The molecule has 0 aliphatic heterocycles. The van der Waals surface area contributed by atoms with Gasteiger partial charge in [-0.1, -0.05) is 200 Å². The molecule has 2 aliphatic rings. The zero-order chi connectivity index (χ0) is 41.2. The highest BCUT2D eigenvalue weighted by molar-refractivity contribution is 7.22. The molecule has 1 heterocycles. The van der Waals surface area contributed by atoms with Gasteiger partial charge in [-0.3, -0.25) is 0 Å². The Bertz CT molecular complexity index is 2960. The fourth-order valence-corrected chi connectivity index (χ4v) is 11.6. The lowest BCUT2D eigenvalue weighted by Gasteiger charge is -2.28. The highest BCUT2D eigenvalue weighted by atomic mass is 32.1. The molecule has 11 rings (SSSR count). The summed E-state index contributed by atoms with van der Waals surface area (Å²) in [5, 5.41) is 4.23. The van der Waals surface area contributed by atoms with Crippen LogP contribution in [0.5, 0.6) is 0 Å². The quantitative estimate of drug-likeness (QED) is 0.122. The number of aryl methyl sites for hydroxylation is 1. The summed E-state index contributed by atoms with van der Waals surface area (Å²) in [6.45, 7) is 0. The van der Waals surface area contributed by atoms with Gasteiger partial charge in [0.25, 0.3) is 0 Å². The van der Waals surface area contributed by atoms with Gasteiger partial charge >= 0.3 is 0 Å². The second-order valence-corrected chi connectivity index (χ2v) is 18.5. The van der Waals surface area contributed by atoms with E-state index < -0.39 is 0 Å². The summed E-state index contributed by atoms with van der Waals surface area (Å²) in [7, 11) is 0. The van der Waals surface area contributed by atoms with Gasteiger partial charge in [0.1, 0.15) is 0 Å². The third kappa shape index (κ3) is 7.67. The lowest BCUT2D eigenvalue weighted by molar-refractivity contribution is 0.504. The molecule has 0 nitrogen and oxygen atoms in total. The van der Waals surface area contributed by atoms with Crippen molar-refractivity contribution in [1.82, 2.24) is 0 Å². The van der Waals surface area contributed by atoms with Crippen LogP contribution in [0.4, 0.5) is 0 Å². The van der Waals surface area contributed by atoms with Crippen LogP contribution in [0.2, 0.25) is 0 Å². The summed E-state index contributed by atoms with van der Waals surface area (Å²) in [6, 6.07) is 70.4. The summed E-state index contributed by atoms with van der Waals surface area (Å²) in [5.41, 5.74) is 16.2. The minimum atomic E-state index is 0.289. The second kappa shape index (κ2) is 17.1. The topological polar surface area (TPSA) is 0 Å². The maximum atomic E-state index is 2.50. The standard InChI is InChI=1S/C61H50S/c1-4-12-42(13-5-1)22-26-54-40-53-36-35-52(41-57(53)61-59(54)60-56-19-11-10-18-49(56)37-39-58(60)62-61)48-24-20-43(21-25-48)23-38-55(50-31-27-46(28-32-50)44-14-6-2-7-15-44)51-33-29-47(30-34-51)45-16-8-3-9-17-45/h1-12,14-21,24-25,27-37,39,41-42,54-55H,13,22-23,26,38,40H2. The average Bonchev–Trinajstić information content (AvgIpc) is 3.76. The van der Waals surface area contributed by atoms with Crippen LogP contribution in [-0.2, 0) is 12.8 Å². The van der Waals surface area contributed by atoms with Gasteiger partial charge in [-0.2, -0.15) is 0 Å². The SMILES string of the molecule is C1=CCC(CCC2Cc3ccc(-c4ccc(CCC(c5ccc(-c6ccccc6)cc5)c5ccc(-c6ccccc6)cc5)cc4)cc3-c3sc4ccc5ccccc5c4c32)C=C1. The first kappa shape index (κ1) is 38.4. The Kier molecular flexibility index (Phi) is 10.6. The molecule has 9 aromatic rings. The smallest absolute Gasteiger partial charge is 0.0393 e. The van der Waals surface area contributed by atoms with Crippen LogP contribution in [0.1, 0.15) is 65.3 Å². The molecule has 0 saturated heterocycles. The first-order valence-corrected chi connectivity index (χ1v) is 23.3. The molecule has 0 amide bonds. The van der Waals surface area contributed by atoms with Crippen molar-refractivity contribution in [2.45, 2.75) is 50.4 Å². The van der Waals surface area contributed by atoms with Crippen LogP contribution < -0.4 is 0 Å². The highest BCUT2D eigenvalue weighted by Gasteiger charge is 2.30. The molecule has 8 aromatic carbocycles. The van der Waals surface area contributed by atoms with Crippen LogP contribution in [0.3, 0.4) is 0 Å². The third-order valence-corrected chi connectivity index (χ3v) is 14.9. The molecule has 0 saturated carbocycles. The molecular weight excluding hydrogens is 765 g/mol. The molecule has 0 radical (unpaired) electrons. The fourth-order valence-electron chi connectivity index (χ4n) is 10.3. The van der Waals surface area contributed by atoms with Gasteiger partial charge in [-0.25, -0.2) is 0 Å². The molecule has 62 heavy (non-hydrogen) atoms. The Morgan fingerprint density at radius 1 is 0.532 bits per heavy atom. The predicted molar refractivity (Wildman–Crippen MR) is 266 cm³/mol. The van der Waals surface area contributed by atoms with E-state index in [1.165, 1.54) is 99.8 Å². The summed E-state index contributed by atoms with van der Waals surface area (Å²) in [6.07, 6.45) is 15.9. The lowest BCUT2D eigenvalue weighted by Crippen LogP contribution is -2.12. The average molecular weight is 815 g/mol. The highest BCUT2D eigenvalue weighted by Crippen LogP contribution is 2.52. The number of hydrogen-bond acceptors (Lipinski definition) is 1. The van der Waals surface area contributed by atoms with E-state index in [1.807, 2.05) is 11.3 Å². The molecule has 0 N–H and O–H groups in total. The van der Waals surface area contributed by atoms with E-state index in [-0.39, 0.29) is 5.92 Å². The van der Waals surface area contributed by atoms with Crippen molar-refractivity contribution >= 4 is 32.2 Å². The van der Waals surface area contributed by atoms with Crippen molar-refractivity contribution in [3.05, 3.63) is 240 Å². The van der Waals surface area contributed by atoms with Crippen molar-refractivity contribution in [3.8, 4) is 43.8 Å². The molecule has 0 bridgehead atoms. The summed E-state index contributed by atoms with van der Waals surface area (Å²) >= 11 is 2.01.